The fourth-order valence-corrected chi connectivity index (χ4v) is 1.99. The van der Waals surface area contributed by atoms with E-state index in [4.69, 9.17) is 10.2 Å². The van der Waals surface area contributed by atoms with Gasteiger partial charge in [-0.05, 0) is 31.5 Å². The topological polar surface area (TPSA) is 68.3 Å². The summed E-state index contributed by atoms with van der Waals surface area (Å²) in [6.45, 7) is 3.91. The van der Waals surface area contributed by atoms with Gasteiger partial charge in [-0.25, -0.2) is 4.39 Å². The summed E-state index contributed by atoms with van der Waals surface area (Å²) in [7, 11) is 0. The fourth-order valence-electron chi connectivity index (χ4n) is 1.99. The molecule has 20 heavy (non-hydrogen) atoms. The normalized spacial score (nSPS) is 10.6. The first kappa shape index (κ1) is 14.3. The Labute approximate surface area is 116 Å². The van der Waals surface area contributed by atoms with Crippen LogP contribution in [-0.4, -0.2) is 5.91 Å². The van der Waals surface area contributed by atoms with Crippen LogP contribution in [0.25, 0.3) is 0 Å². The predicted octanol–water partition coefficient (Wildman–Crippen LogP) is 2.42. The molecule has 0 saturated carbocycles. The number of furan rings is 1. The van der Waals surface area contributed by atoms with Crippen LogP contribution in [0.4, 0.5) is 4.39 Å². The van der Waals surface area contributed by atoms with Gasteiger partial charge in [0.25, 0.3) is 5.91 Å². The van der Waals surface area contributed by atoms with Crippen molar-refractivity contribution < 1.29 is 13.6 Å². The minimum absolute atomic E-state index is 0.124. The smallest absolute Gasteiger partial charge is 0.255 e. The highest BCUT2D eigenvalue weighted by atomic mass is 19.1. The molecule has 3 N–H and O–H groups in total. The Bertz CT molecular complexity index is 635. The quantitative estimate of drug-likeness (QED) is 0.901. The van der Waals surface area contributed by atoms with Crippen LogP contribution in [0.2, 0.25) is 0 Å². The molecule has 0 fully saturated rings. The molecule has 0 aliphatic rings. The van der Waals surface area contributed by atoms with E-state index in [0.29, 0.717) is 22.6 Å². The van der Waals surface area contributed by atoms with Gasteiger partial charge in [0.05, 0.1) is 5.56 Å². The third-order valence-corrected chi connectivity index (χ3v) is 3.08. The molecule has 0 atom stereocenters. The molecule has 0 saturated heterocycles. The molecule has 0 bridgehead atoms. The average molecular weight is 276 g/mol. The molecule has 1 heterocycles. The molecule has 4 nitrogen and oxygen atoms in total. The highest BCUT2D eigenvalue weighted by molar-refractivity contribution is 5.95. The first-order valence-electron chi connectivity index (χ1n) is 6.34. The maximum Gasteiger partial charge on any atom is 0.255 e. The molecule has 2 rings (SSSR count). The van der Waals surface area contributed by atoms with Gasteiger partial charge in [-0.2, -0.15) is 0 Å². The van der Waals surface area contributed by atoms with Gasteiger partial charge in [0, 0.05) is 18.7 Å². The lowest BCUT2D eigenvalue weighted by Gasteiger charge is -2.07. The number of rotatable bonds is 4. The van der Waals surface area contributed by atoms with Crippen LogP contribution < -0.4 is 11.1 Å². The third kappa shape index (κ3) is 3.05. The van der Waals surface area contributed by atoms with Crippen LogP contribution in [-0.2, 0) is 13.1 Å². The summed E-state index contributed by atoms with van der Waals surface area (Å²) < 4.78 is 19.0. The summed E-state index contributed by atoms with van der Waals surface area (Å²) in [6.07, 6.45) is 0. The molecule has 1 aromatic carbocycles. The van der Waals surface area contributed by atoms with E-state index in [-0.39, 0.29) is 24.8 Å². The summed E-state index contributed by atoms with van der Waals surface area (Å²) in [5, 5.41) is 2.68. The molecule has 106 valence electrons. The van der Waals surface area contributed by atoms with Crippen molar-refractivity contribution in [1.29, 1.82) is 0 Å². The van der Waals surface area contributed by atoms with Gasteiger partial charge in [-0.3, -0.25) is 4.79 Å². The number of halogens is 1. The van der Waals surface area contributed by atoms with Crippen molar-refractivity contribution >= 4 is 5.91 Å². The van der Waals surface area contributed by atoms with E-state index in [1.165, 1.54) is 6.07 Å². The first-order chi connectivity index (χ1) is 9.51. The standard InChI is InChI=1S/C15H17FN2O2/c1-9-5-13(10(2)20-9)15(19)18-8-12-4-3-11(7-17)6-14(12)16/h3-6H,7-8,17H2,1-2H3,(H,18,19). The van der Waals surface area contributed by atoms with E-state index in [2.05, 4.69) is 5.32 Å². The highest BCUT2D eigenvalue weighted by Gasteiger charge is 2.13. The van der Waals surface area contributed by atoms with Crippen molar-refractivity contribution in [1.82, 2.24) is 5.32 Å². The molecular formula is C15H17FN2O2. The lowest BCUT2D eigenvalue weighted by atomic mass is 10.1. The van der Waals surface area contributed by atoms with Gasteiger partial charge in [0.2, 0.25) is 0 Å². The minimum atomic E-state index is -0.367. The Hall–Kier alpha value is -2.14. The Morgan fingerprint density at radius 1 is 1.35 bits per heavy atom. The van der Waals surface area contributed by atoms with Crippen molar-refractivity contribution in [3.05, 3.63) is 58.3 Å². The molecule has 0 unspecified atom stereocenters. The van der Waals surface area contributed by atoms with E-state index in [1.807, 2.05) is 0 Å². The zero-order valence-corrected chi connectivity index (χ0v) is 11.5. The van der Waals surface area contributed by atoms with E-state index in [9.17, 15) is 9.18 Å². The average Bonchev–Trinajstić information content (AvgIpc) is 2.76. The van der Waals surface area contributed by atoms with Crippen molar-refractivity contribution in [2.24, 2.45) is 5.73 Å². The highest BCUT2D eigenvalue weighted by Crippen LogP contribution is 2.14. The summed E-state index contributed by atoms with van der Waals surface area (Å²) in [5.74, 6) is 0.583. The molecular weight excluding hydrogens is 259 g/mol. The van der Waals surface area contributed by atoms with Crippen LogP contribution in [0.3, 0.4) is 0 Å². The molecule has 2 aromatic rings. The SMILES string of the molecule is Cc1cc(C(=O)NCc2ccc(CN)cc2F)c(C)o1. The lowest BCUT2D eigenvalue weighted by molar-refractivity contribution is 0.0949. The van der Waals surface area contributed by atoms with Crippen LogP contribution >= 0.6 is 0 Å². The molecule has 0 spiro atoms. The Balaban J connectivity index is 2.05. The second kappa shape index (κ2) is 5.88. The number of nitrogens with one attached hydrogen (secondary N) is 1. The zero-order valence-electron chi connectivity index (χ0n) is 11.5. The number of amides is 1. The summed E-state index contributed by atoms with van der Waals surface area (Å²) >= 11 is 0. The molecule has 5 heteroatoms. The molecule has 1 aromatic heterocycles. The number of aryl methyl sites for hydroxylation is 2. The summed E-state index contributed by atoms with van der Waals surface area (Å²) in [5.41, 5.74) is 7.06. The number of hydrogen-bond acceptors (Lipinski definition) is 3. The third-order valence-electron chi connectivity index (χ3n) is 3.08. The Morgan fingerprint density at radius 2 is 2.10 bits per heavy atom. The monoisotopic (exact) mass is 276 g/mol. The second-order valence-electron chi connectivity index (χ2n) is 4.64. The summed E-state index contributed by atoms with van der Waals surface area (Å²) in [6, 6.07) is 6.43. The number of carbonyl (C=O) groups excluding carboxylic acids is 1. The number of nitrogens with two attached hydrogens (primary N) is 1. The van der Waals surface area contributed by atoms with E-state index in [1.54, 1.807) is 32.0 Å². The zero-order chi connectivity index (χ0) is 14.7. The number of carbonyl (C=O) groups is 1. The Kier molecular flexibility index (Phi) is 4.20. The Morgan fingerprint density at radius 3 is 2.65 bits per heavy atom. The van der Waals surface area contributed by atoms with E-state index in [0.717, 1.165) is 5.56 Å². The molecule has 1 amide bonds. The molecule has 0 radical (unpaired) electrons. The second-order valence-corrected chi connectivity index (χ2v) is 4.64. The van der Waals surface area contributed by atoms with Crippen molar-refractivity contribution in [3.8, 4) is 0 Å². The van der Waals surface area contributed by atoms with Crippen LogP contribution in [0.5, 0.6) is 0 Å². The minimum Gasteiger partial charge on any atom is -0.466 e. The lowest BCUT2D eigenvalue weighted by Crippen LogP contribution is -2.23. The van der Waals surface area contributed by atoms with Gasteiger partial charge in [0.15, 0.2) is 0 Å². The number of hydrogen-bond donors (Lipinski definition) is 2. The van der Waals surface area contributed by atoms with Crippen LogP contribution in [0.1, 0.15) is 33.0 Å². The van der Waals surface area contributed by atoms with E-state index >= 15 is 0 Å². The first-order valence-corrected chi connectivity index (χ1v) is 6.34. The predicted molar refractivity (Wildman–Crippen MR) is 73.6 cm³/mol. The van der Waals surface area contributed by atoms with Gasteiger partial charge >= 0.3 is 0 Å². The van der Waals surface area contributed by atoms with Gasteiger partial charge in [0.1, 0.15) is 17.3 Å². The maximum atomic E-state index is 13.7. The van der Waals surface area contributed by atoms with Crippen molar-refractivity contribution in [3.63, 3.8) is 0 Å². The molecule has 0 aliphatic carbocycles. The van der Waals surface area contributed by atoms with Gasteiger partial charge in [-0.1, -0.05) is 12.1 Å². The maximum absolute atomic E-state index is 13.7. The fraction of sp³-hybridized carbons (Fsp3) is 0.267. The number of benzene rings is 1. The van der Waals surface area contributed by atoms with E-state index < -0.39 is 0 Å². The van der Waals surface area contributed by atoms with Crippen molar-refractivity contribution in [2.45, 2.75) is 26.9 Å². The van der Waals surface area contributed by atoms with Crippen LogP contribution in [0.15, 0.2) is 28.7 Å². The largest absolute Gasteiger partial charge is 0.466 e. The van der Waals surface area contributed by atoms with Gasteiger partial charge in [-0.15, -0.1) is 0 Å². The summed E-state index contributed by atoms with van der Waals surface area (Å²) in [4.78, 5) is 12.0. The van der Waals surface area contributed by atoms with Gasteiger partial charge < -0.3 is 15.5 Å². The molecule has 0 aliphatic heterocycles. The van der Waals surface area contributed by atoms with Crippen molar-refractivity contribution in [2.75, 3.05) is 0 Å². The van der Waals surface area contributed by atoms with Crippen LogP contribution in [0, 0.1) is 19.7 Å².